The van der Waals surface area contributed by atoms with Gasteiger partial charge in [0.15, 0.2) is 12.3 Å². The lowest BCUT2D eigenvalue weighted by molar-refractivity contribution is -0.162. The van der Waals surface area contributed by atoms with Crippen molar-refractivity contribution in [2.24, 2.45) is 5.11 Å². The lowest BCUT2D eigenvalue weighted by Gasteiger charge is -2.23. The summed E-state index contributed by atoms with van der Waals surface area (Å²) in [7, 11) is 0. The second-order valence-corrected chi connectivity index (χ2v) is 5.06. The lowest BCUT2D eigenvalue weighted by Crippen LogP contribution is -2.44. The molecule has 1 saturated heterocycles. The van der Waals surface area contributed by atoms with Crippen molar-refractivity contribution < 1.29 is 34.4 Å². The number of carbonyl (C=O) groups is 2. The predicted molar refractivity (Wildman–Crippen MR) is 65.2 cm³/mol. The molecule has 21 heavy (non-hydrogen) atoms. The summed E-state index contributed by atoms with van der Waals surface area (Å²) in [4.78, 5) is 24.4. The summed E-state index contributed by atoms with van der Waals surface area (Å²) >= 11 is 0. The summed E-state index contributed by atoms with van der Waals surface area (Å²) in [5.74, 6) is -3.95. The van der Waals surface area contributed by atoms with Gasteiger partial charge in [-0.05, 0) is 13.8 Å². The van der Waals surface area contributed by atoms with Gasteiger partial charge in [0.05, 0.1) is 6.10 Å². The van der Waals surface area contributed by atoms with Crippen LogP contribution in [0.1, 0.15) is 20.3 Å². The number of hydrogen-bond donors (Lipinski definition) is 4. The number of aliphatic carboxylic acids is 1. The molecule has 4 atom stereocenters. The molecule has 0 aromatic heterocycles. The maximum atomic E-state index is 11.1. The molecule has 118 valence electrons. The van der Waals surface area contributed by atoms with Crippen LogP contribution in [-0.2, 0) is 19.1 Å². The van der Waals surface area contributed by atoms with Crippen molar-refractivity contribution in [2.75, 3.05) is 6.54 Å². The van der Waals surface area contributed by atoms with Gasteiger partial charge < -0.3 is 24.8 Å². The molecule has 0 aromatic carbocycles. The third kappa shape index (κ3) is 4.66. The molecular weight excluding hydrogens is 286 g/mol. The van der Waals surface area contributed by atoms with E-state index in [0.717, 1.165) is 0 Å². The van der Waals surface area contributed by atoms with Crippen molar-refractivity contribution in [3.05, 3.63) is 0 Å². The zero-order valence-electron chi connectivity index (χ0n) is 11.6. The van der Waals surface area contributed by atoms with E-state index in [2.05, 4.69) is 10.0 Å². The number of ketones is 1. The first kappa shape index (κ1) is 17.3. The second-order valence-electron chi connectivity index (χ2n) is 5.06. The molecule has 1 rings (SSSR count). The third-order valence-corrected chi connectivity index (χ3v) is 2.89. The zero-order chi connectivity index (χ0) is 16.2. The van der Waals surface area contributed by atoms with E-state index in [1.54, 1.807) is 13.8 Å². The van der Waals surface area contributed by atoms with Crippen LogP contribution in [0.2, 0.25) is 0 Å². The van der Waals surface area contributed by atoms with Crippen LogP contribution in [0.15, 0.2) is 5.11 Å². The molecule has 0 bridgehead atoms. The Hall–Kier alpha value is -1.71. The molecule has 1 aliphatic heterocycles. The summed E-state index contributed by atoms with van der Waals surface area (Å²) in [6.45, 7) is 2.85. The number of Topliss-reactive ketones (excluding diaryl/α,β-unsaturated/α-hetero) is 1. The van der Waals surface area contributed by atoms with Gasteiger partial charge in [-0.1, -0.05) is 0 Å². The van der Waals surface area contributed by atoms with Gasteiger partial charge in [-0.15, -0.1) is 0 Å². The monoisotopic (exact) mass is 304 g/mol. The third-order valence-electron chi connectivity index (χ3n) is 2.89. The van der Waals surface area contributed by atoms with E-state index in [1.807, 2.05) is 0 Å². The fourth-order valence-electron chi connectivity index (χ4n) is 2.03. The molecule has 0 spiro atoms. The molecule has 0 amide bonds. The number of carboxylic acids is 1. The second kappa shape index (κ2) is 6.83. The number of aliphatic hydroxyl groups excluding tert-OH is 2. The average Bonchev–Trinajstić information content (AvgIpc) is 2.72. The van der Waals surface area contributed by atoms with E-state index in [4.69, 9.17) is 20.1 Å². The number of carboxylic acid groups (broad SMARTS) is 1. The van der Waals surface area contributed by atoms with E-state index in [1.165, 1.54) is 0 Å². The maximum absolute atomic E-state index is 11.1. The fraction of sp³-hybridized carbons (Fsp3) is 0.818. The van der Waals surface area contributed by atoms with Crippen LogP contribution < -0.4 is 4.91 Å². The Bertz CT molecular complexity index is 461. The zero-order valence-corrected chi connectivity index (χ0v) is 11.6. The maximum Gasteiger partial charge on any atom is 0.372 e. The Morgan fingerprint density at radius 2 is 1.81 bits per heavy atom. The molecule has 1 fully saturated rings. The van der Waals surface area contributed by atoms with Gasteiger partial charge in [-0.25, -0.2) is 4.79 Å². The van der Waals surface area contributed by atoms with Crippen LogP contribution in [0.3, 0.4) is 0 Å². The highest BCUT2D eigenvalue weighted by Gasteiger charge is 2.48. The molecule has 10 heteroatoms. The summed E-state index contributed by atoms with van der Waals surface area (Å²) in [6, 6.07) is 0. The summed E-state index contributed by atoms with van der Waals surface area (Å²) in [5.41, 5.74) is 6.53. The van der Waals surface area contributed by atoms with Crippen LogP contribution >= 0.6 is 0 Å². The Morgan fingerprint density at radius 1 is 1.29 bits per heavy atom. The number of ether oxygens (including phenoxy) is 2. The van der Waals surface area contributed by atoms with E-state index >= 15 is 0 Å². The molecule has 0 aromatic rings. The van der Waals surface area contributed by atoms with Crippen molar-refractivity contribution in [3.8, 4) is 0 Å². The molecule has 0 radical (unpaired) electrons. The summed E-state index contributed by atoms with van der Waals surface area (Å²) < 4.78 is 10.8. The van der Waals surface area contributed by atoms with Crippen LogP contribution in [0.25, 0.3) is 0 Å². The van der Waals surface area contributed by atoms with Gasteiger partial charge in [-0.3, -0.25) is 4.79 Å². The highest BCUT2D eigenvalue weighted by Crippen LogP contribution is 2.32. The Labute approximate surface area is 119 Å². The summed E-state index contributed by atoms with van der Waals surface area (Å²) in [6.07, 6.45) is -5.47. The standard InChI is InChI=1S/C11H17N3O7/c1-11(2)20-8(5(15)3-6(16)10(18)19)9(21-11)7(17)4-13-14-12/h5,7-9,12,15,17H,3-4H2,1-2H3/p+1/t5-,7-,8-,9-/m1/s1. The number of nitrogens with one attached hydrogen (secondary N) is 1. The number of carbonyl (C=O) groups excluding carboxylic acids is 1. The SMILES string of the molecule is CC1(C)O[C@H]([C@H](O)CN=[N+]=N)[C@@H]([C@H](O)CC(=O)C(=O)O)O1. The normalized spacial score (nSPS) is 26.7. The van der Waals surface area contributed by atoms with Gasteiger partial charge in [0.2, 0.25) is 10.7 Å². The van der Waals surface area contributed by atoms with Gasteiger partial charge in [-0.2, -0.15) is 0 Å². The first-order valence-corrected chi connectivity index (χ1v) is 6.19. The molecule has 4 N–H and O–H groups in total. The van der Waals surface area contributed by atoms with Crippen molar-refractivity contribution in [2.45, 2.75) is 50.5 Å². The van der Waals surface area contributed by atoms with Gasteiger partial charge in [0, 0.05) is 6.42 Å². The Balaban J connectivity index is 2.82. The molecule has 10 nitrogen and oxygen atoms in total. The van der Waals surface area contributed by atoms with E-state index < -0.39 is 48.4 Å². The van der Waals surface area contributed by atoms with E-state index in [0.29, 0.717) is 0 Å². The number of aliphatic hydroxyl groups is 2. The fourth-order valence-corrected chi connectivity index (χ4v) is 2.03. The van der Waals surface area contributed by atoms with Crippen LogP contribution in [0.4, 0.5) is 0 Å². The lowest BCUT2D eigenvalue weighted by atomic mass is 9.99. The first-order chi connectivity index (χ1) is 9.68. The molecule has 1 aliphatic rings. The topological polar surface area (TPSA) is 164 Å². The van der Waals surface area contributed by atoms with Crippen molar-refractivity contribution in [3.63, 3.8) is 0 Å². The average molecular weight is 304 g/mol. The van der Waals surface area contributed by atoms with E-state index in [-0.39, 0.29) is 6.54 Å². The van der Waals surface area contributed by atoms with Crippen molar-refractivity contribution in [1.82, 2.24) is 4.91 Å². The van der Waals surface area contributed by atoms with Crippen LogP contribution in [0, 0.1) is 5.53 Å². The van der Waals surface area contributed by atoms with E-state index in [9.17, 15) is 19.8 Å². The van der Waals surface area contributed by atoms with Gasteiger partial charge in [0.1, 0.15) is 29.0 Å². The van der Waals surface area contributed by atoms with Crippen molar-refractivity contribution >= 4 is 11.8 Å². The largest absolute Gasteiger partial charge is 0.475 e. The Kier molecular flexibility index (Phi) is 5.64. The molecule has 0 aliphatic carbocycles. The van der Waals surface area contributed by atoms with Crippen LogP contribution in [0.5, 0.6) is 0 Å². The minimum atomic E-state index is -1.66. The molecule has 1 heterocycles. The highest BCUT2D eigenvalue weighted by molar-refractivity contribution is 6.32. The minimum absolute atomic E-state index is 0.246. The smallest absolute Gasteiger partial charge is 0.372 e. The van der Waals surface area contributed by atoms with Crippen molar-refractivity contribution in [1.29, 1.82) is 5.53 Å². The molecule has 0 unspecified atom stereocenters. The van der Waals surface area contributed by atoms with Gasteiger partial charge >= 0.3 is 5.97 Å². The number of nitrogens with zero attached hydrogens (tertiary/aromatic N) is 2. The highest BCUT2D eigenvalue weighted by atomic mass is 16.8. The quantitative estimate of drug-likeness (QED) is 0.261. The number of rotatable bonds is 7. The van der Waals surface area contributed by atoms with Gasteiger partial charge in [0.25, 0.3) is 0 Å². The minimum Gasteiger partial charge on any atom is -0.475 e. The van der Waals surface area contributed by atoms with Crippen LogP contribution in [-0.4, -0.2) is 63.8 Å². The first-order valence-electron chi connectivity index (χ1n) is 6.19. The molecule has 0 saturated carbocycles. The number of hydrogen-bond acceptors (Lipinski definition) is 8. The summed E-state index contributed by atoms with van der Waals surface area (Å²) in [5, 5.41) is 31.7. The Morgan fingerprint density at radius 3 is 2.29 bits per heavy atom. The predicted octanol–water partition coefficient (Wildman–Crippen LogP) is -1.18. The molecular formula is C11H18N3O7+.